The number of halogens is 1. The van der Waals surface area contributed by atoms with E-state index in [1.165, 1.54) is 0 Å². The third-order valence-electron chi connectivity index (χ3n) is 5.35. The van der Waals surface area contributed by atoms with Crippen LogP contribution in [0.3, 0.4) is 0 Å². The first-order valence-corrected chi connectivity index (χ1v) is 10.4. The second-order valence-electron chi connectivity index (χ2n) is 7.29. The monoisotopic (exact) mass is 454 g/mol. The molecule has 0 spiro atoms. The number of nitrogens with one attached hydrogen (secondary N) is 1. The number of benzene rings is 1. The van der Waals surface area contributed by atoms with Crippen molar-refractivity contribution >= 4 is 33.3 Å². The molecular formula is C21H23BrN6O. The molecule has 3 heterocycles. The van der Waals surface area contributed by atoms with Crippen molar-refractivity contribution in [2.24, 2.45) is 5.92 Å². The first kappa shape index (κ1) is 19.6. The van der Waals surface area contributed by atoms with E-state index in [0.717, 1.165) is 59.1 Å². The van der Waals surface area contributed by atoms with Crippen LogP contribution in [0.5, 0.6) is 0 Å². The normalized spacial score (nSPS) is 14.8. The quantitative estimate of drug-likeness (QED) is 0.646. The molecule has 0 aliphatic carbocycles. The van der Waals surface area contributed by atoms with Gasteiger partial charge in [0.15, 0.2) is 0 Å². The lowest BCUT2D eigenvalue weighted by atomic mass is 9.95. The second-order valence-corrected chi connectivity index (χ2v) is 8.20. The van der Waals surface area contributed by atoms with Gasteiger partial charge in [0.25, 0.3) is 0 Å². The van der Waals surface area contributed by atoms with Crippen molar-refractivity contribution in [2.45, 2.75) is 26.7 Å². The zero-order valence-electron chi connectivity index (χ0n) is 16.5. The Bertz CT molecular complexity index is 1030. The summed E-state index contributed by atoms with van der Waals surface area (Å²) >= 11 is 3.46. The Kier molecular flexibility index (Phi) is 5.62. The van der Waals surface area contributed by atoms with Gasteiger partial charge in [-0.3, -0.25) is 9.36 Å². The molecule has 1 amide bonds. The van der Waals surface area contributed by atoms with E-state index in [-0.39, 0.29) is 11.8 Å². The fourth-order valence-electron chi connectivity index (χ4n) is 3.63. The summed E-state index contributed by atoms with van der Waals surface area (Å²) in [5.74, 6) is 2.66. The molecule has 7 nitrogen and oxygen atoms in total. The molecule has 29 heavy (non-hydrogen) atoms. The van der Waals surface area contributed by atoms with Gasteiger partial charge >= 0.3 is 0 Å². The molecule has 8 heteroatoms. The molecular weight excluding hydrogens is 432 g/mol. The topological polar surface area (TPSA) is 75.9 Å². The summed E-state index contributed by atoms with van der Waals surface area (Å²) in [7, 11) is 0. The van der Waals surface area contributed by atoms with Gasteiger partial charge in [-0.1, -0.05) is 15.9 Å². The van der Waals surface area contributed by atoms with Crippen LogP contribution in [0.4, 0.5) is 11.5 Å². The predicted molar refractivity (Wildman–Crippen MR) is 116 cm³/mol. The van der Waals surface area contributed by atoms with Crippen LogP contribution in [0, 0.1) is 19.8 Å². The summed E-state index contributed by atoms with van der Waals surface area (Å²) in [6.45, 7) is 5.52. The molecule has 0 bridgehead atoms. The first-order valence-electron chi connectivity index (χ1n) is 9.65. The van der Waals surface area contributed by atoms with Crippen molar-refractivity contribution in [3.05, 3.63) is 58.8 Å². The number of hydrogen-bond acceptors (Lipinski definition) is 5. The average Bonchev–Trinajstić information content (AvgIpc) is 3.16. The molecule has 0 unspecified atom stereocenters. The number of aryl methyl sites for hydroxylation is 2. The molecule has 1 saturated heterocycles. The fraction of sp³-hybridized carbons (Fsp3) is 0.333. The van der Waals surface area contributed by atoms with Gasteiger partial charge in [0.05, 0.1) is 0 Å². The Hall–Kier alpha value is -2.74. The Labute approximate surface area is 178 Å². The maximum Gasteiger partial charge on any atom is 0.227 e. The van der Waals surface area contributed by atoms with Gasteiger partial charge in [-0.2, -0.15) is 0 Å². The van der Waals surface area contributed by atoms with Crippen molar-refractivity contribution in [3.63, 3.8) is 0 Å². The van der Waals surface area contributed by atoms with Crippen LogP contribution in [-0.2, 0) is 4.79 Å². The number of anilines is 2. The number of carbonyl (C=O) groups is 1. The highest BCUT2D eigenvalue weighted by Crippen LogP contribution is 2.25. The standard InChI is InChI=1S/C21H23BrN6O/c1-14-11-17(22)3-4-18(14)26-21(29)16-5-8-27(9-6-16)19-12-20(25-13-24-19)28-10-7-23-15(28)2/h3-4,7,10-13,16H,5-6,8-9H2,1-2H3,(H,26,29). The highest BCUT2D eigenvalue weighted by Gasteiger charge is 2.26. The SMILES string of the molecule is Cc1cc(Br)ccc1NC(=O)C1CCN(c2cc(-n3ccnc3C)ncn2)CC1. The third-order valence-corrected chi connectivity index (χ3v) is 5.84. The number of aromatic nitrogens is 4. The maximum absolute atomic E-state index is 12.7. The van der Waals surface area contributed by atoms with Gasteiger partial charge < -0.3 is 10.2 Å². The highest BCUT2D eigenvalue weighted by molar-refractivity contribution is 9.10. The van der Waals surface area contributed by atoms with Gasteiger partial charge in [-0.15, -0.1) is 0 Å². The largest absolute Gasteiger partial charge is 0.356 e. The number of nitrogens with zero attached hydrogens (tertiary/aromatic N) is 5. The van der Waals surface area contributed by atoms with Gasteiger partial charge in [0, 0.05) is 47.6 Å². The smallest absolute Gasteiger partial charge is 0.227 e. The molecule has 1 aliphatic heterocycles. The van der Waals surface area contributed by atoms with E-state index in [1.807, 2.05) is 48.9 Å². The van der Waals surface area contributed by atoms with Crippen molar-refractivity contribution < 1.29 is 4.79 Å². The third kappa shape index (κ3) is 4.32. The number of imidazole rings is 1. The molecule has 3 aromatic rings. The molecule has 2 aromatic heterocycles. The van der Waals surface area contributed by atoms with Crippen molar-refractivity contribution in [3.8, 4) is 5.82 Å². The molecule has 4 rings (SSSR count). The number of rotatable bonds is 4. The van der Waals surface area contributed by atoms with Crippen LogP contribution >= 0.6 is 15.9 Å². The summed E-state index contributed by atoms with van der Waals surface area (Å²) in [4.78, 5) is 28.0. The van der Waals surface area contributed by atoms with Gasteiger partial charge in [-0.05, 0) is 50.5 Å². The molecule has 1 N–H and O–H groups in total. The van der Waals surface area contributed by atoms with Crippen LogP contribution in [0.1, 0.15) is 24.2 Å². The lowest BCUT2D eigenvalue weighted by Crippen LogP contribution is -2.38. The molecule has 1 fully saturated rings. The van der Waals surface area contributed by atoms with E-state index in [2.05, 4.69) is 41.1 Å². The zero-order chi connectivity index (χ0) is 20.4. The first-order chi connectivity index (χ1) is 14.0. The number of piperidine rings is 1. The summed E-state index contributed by atoms with van der Waals surface area (Å²) in [6.07, 6.45) is 6.82. The minimum Gasteiger partial charge on any atom is -0.356 e. The van der Waals surface area contributed by atoms with Crippen LogP contribution in [0.2, 0.25) is 0 Å². The van der Waals surface area contributed by atoms with Crippen molar-refractivity contribution in [2.75, 3.05) is 23.3 Å². The van der Waals surface area contributed by atoms with Gasteiger partial charge in [0.1, 0.15) is 23.8 Å². The molecule has 1 aliphatic rings. The van der Waals surface area contributed by atoms with E-state index >= 15 is 0 Å². The highest BCUT2D eigenvalue weighted by atomic mass is 79.9. The number of amides is 1. The van der Waals surface area contributed by atoms with Gasteiger partial charge in [0.2, 0.25) is 5.91 Å². The minimum absolute atomic E-state index is 0.00602. The molecule has 150 valence electrons. The van der Waals surface area contributed by atoms with Crippen LogP contribution < -0.4 is 10.2 Å². The Morgan fingerprint density at radius 1 is 1.10 bits per heavy atom. The molecule has 0 radical (unpaired) electrons. The lowest BCUT2D eigenvalue weighted by molar-refractivity contribution is -0.120. The zero-order valence-corrected chi connectivity index (χ0v) is 18.1. The Morgan fingerprint density at radius 3 is 2.55 bits per heavy atom. The van der Waals surface area contributed by atoms with E-state index in [9.17, 15) is 4.79 Å². The molecule has 1 aromatic carbocycles. The summed E-state index contributed by atoms with van der Waals surface area (Å²) in [6, 6.07) is 7.86. The fourth-order valence-corrected chi connectivity index (χ4v) is 4.11. The van der Waals surface area contributed by atoms with E-state index in [4.69, 9.17) is 0 Å². The van der Waals surface area contributed by atoms with Crippen LogP contribution in [-0.4, -0.2) is 38.5 Å². The number of hydrogen-bond donors (Lipinski definition) is 1. The van der Waals surface area contributed by atoms with Crippen molar-refractivity contribution in [1.82, 2.24) is 19.5 Å². The Balaban J connectivity index is 1.39. The minimum atomic E-state index is 0.00602. The summed E-state index contributed by atoms with van der Waals surface area (Å²) in [5, 5.41) is 3.08. The lowest BCUT2D eigenvalue weighted by Gasteiger charge is -2.32. The van der Waals surface area contributed by atoms with E-state index in [0.29, 0.717) is 0 Å². The summed E-state index contributed by atoms with van der Waals surface area (Å²) in [5.41, 5.74) is 1.92. The second kappa shape index (κ2) is 8.32. The average molecular weight is 455 g/mol. The number of carbonyl (C=O) groups excluding carboxylic acids is 1. The van der Waals surface area contributed by atoms with Crippen LogP contribution in [0.25, 0.3) is 5.82 Å². The molecule has 0 saturated carbocycles. The van der Waals surface area contributed by atoms with E-state index < -0.39 is 0 Å². The predicted octanol–water partition coefficient (Wildman–Crippen LogP) is 3.90. The maximum atomic E-state index is 12.7. The molecule has 0 atom stereocenters. The summed E-state index contributed by atoms with van der Waals surface area (Å²) < 4.78 is 2.95. The van der Waals surface area contributed by atoms with E-state index in [1.54, 1.807) is 12.5 Å². The van der Waals surface area contributed by atoms with Gasteiger partial charge in [-0.25, -0.2) is 15.0 Å². The van der Waals surface area contributed by atoms with Crippen LogP contribution in [0.15, 0.2) is 47.5 Å². The Morgan fingerprint density at radius 2 is 1.86 bits per heavy atom. The van der Waals surface area contributed by atoms with Crippen molar-refractivity contribution in [1.29, 1.82) is 0 Å².